The first kappa shape index (κ1) is 10.8. The minimum Gasteiger partial charge on any atom is -0.330 e. The Morgan fingerprint density at radius 2 is 2.00 bits per heavy atom. The van der Waals surface area contributed by atoms with E-state index >= 15 is 0 Å². The second-order valence-corrected chi connectivity index (χ2v) is 3.12. The molecule has 0 radical (unpaired) electrons. The monoisotopic (exact) mass is 165 g/mol. The van der Waals surface area contributed by atoms with Gasteiger partial charge in [-0.05, 0) is 25.8 Å². The normalized spacial score (nSPS) is 15.0. The van der Waals surface area contributed by atoms with Gasteiger partial charge in [0.1, 0.15) is 0 Å². The number of nitrogens with two attached hydrogens (primary N) is 1. The highest BCUT2D eigenvalue weighted by atomic mass is 19.3. The van der Waals surface area contributed by atoms with Crippen LogP contribution in [0, 0.1) is 5.92 Å². The van der Waals surface area contributed by atoms with Crippen LogP contribution in [-0.2, 0) is 0 Å². The molecule has 68 valence electrons. The highest BCUT2D eigenvalue weighted by molar-refractivity contribution is 4.64. The lowest BCUT2D eigenvalue weighted by Gasteiger charge is -2.15. The van der Waals surface area contributed by atoms with Crippen molar-refractivity contribution in [1.29, 1.82) is 0 Å². The summed E-state index contributed by atoms with van der Waals surface area (Å²) >= 11 is 0. The first-order chi connectivity index (χ1) is 4.99. The van der Waals surface area contributed by atoms with Gasteiger partial charge in [-0.2, -0.15) is 0 Å². The van der Waals surface area contributed by atoms with E-state index in [1.54, 1.807) is 0 Å². The van der Waals surface area contributed by atoms with Gasteiger partial charge in [0, 0.05) is 6.42 Å². The molecule has 1 atom stereocenters. The first-order valence-corrected chi connectivity index (χ1v) is 4.07. The predicted octanol–water partition coefficient (Wildman–Crippen LogP) is 2.41. The first-order valence-electron chi connectivity index (χ1n) is 4.07. The van der Waals surface area contributed by atoms with Crippen LogP contribution in [0.15, 0.2) is 0 Å². The zero-order valence-electron chi connectivity index (χ0n) is 7.24. The standard InChI is InChI=1S/C8H17F2N/c1-3-7(6-11)4-5-8(2,9)10/h7H,3-6,11H2,1-2H3. The summed E-state index contributed by atoms with van der Waals surface area (Å²) in [5, 5.41) is 0. The van der Waals surface area contributed by atoms with Crippen molar-refractivity contribution in [2.24, 2.45) is 11.7 Å². The molecule has 0 heterocycles. The van der Waals surface area contributed by atoms with Crippen LogP contribution in [0.25, 0.3) is 0 Å². The Kier molecular flexibility index (Phi) is 4.57. The van der Waals surface area contributed by atoms with Crippen molar-refractivity contribution in [2.45, 2.75) is 39.0 Å². The number of halogens is 2. The van der Waals surface area contributed by atoms with E-state index in [4.69, 9.17) is 5.73 Å². The fraction of sp³-hybridized carbons (Fsp3) is 1.00. The molecule has 0 fully saturated rings. The van der Waals surface area contributed by atoms with Crippen LogP contribution in [-0.4, -0.2) is 12.5 Å². The fourth-order valence-corrected chi connectivity index (χ4v) is 0.946. The molecular weight excluding hydrogens is 148 g/mol. The van der Waals surface area contributed by atoms with Crippen molar-refractivity contribution < 1.29 is 8.78 Å². The van der Waals surface area contributed by atoms with Gasteiger partial charge < -0.3 is 5.73 Å². The molecule has 0 aromatic carbocycles. The van der Waals surface area contributed by atoms with Crippen LogP contribution in [0.1, 0.15) is 33.1 Å². The Morgan fingerprint density at radius 3 is 2.27 bits per heavy atom. The minimum atomic E-state index is -2.53. The van der Waals surface area contributed by atoms with Crippen molar-refractivity contribution in [2.75, 3.05) is 6.54 Å². The van der Waals surface area contributed by atoms with E-state index in [2.05, 4.69) is 0 Å². The van der Waals surface area contributed by atoms with Crippen molar-refractivity contribution in [3.05, 3.63) is 0 Å². The quantitative estimate of drug-likeness (QED) is 0.665. The highest BCUT2D eigenvalue weighted by Crippen LogP contribution is 2.22. The Hall–Kier alpha value is -0.180. The lowest BCUT2D eigenvalue weighted by atomic mass is 9.99. The summed E-state index contributed by atoms with van der Waals surface area (Å²) in [5.74, 6) is -2.26. The van der Waals surface area contributed by atoms with Crippen LogP contribution in [0.4, 0.5) is 8.78 Å². The van der Waals surface area contributed by atoms with Crippen LogP contribution >= 0.6 is 0 Å². The summed E-state index contributed by atoms with van der Waals surface area (Å²) < 4.78 is 24.6. The van der Waals surface area contributed by atoms with Gasteiger partial charge in [0.2, 0.25) is 5.92 Å². The Bertz CT molecular complexity index is 94.8. The summed E-state index contributed by atoms with van der Waals surface area (Å²) in [4.78, 5) is 0. The van der Waals surface area contributed by atoms with Crippen LogP contribution in [0.2, 0.25) is 0 Å². The van der Waals surface area contributed by atoms with Gasteiger partial charge >= 0.3 is 0 Å². The third kappa shape index (κ3) is 6.23. The number of hydrogen-bond donors (Lipinski definition) is 1. The molecule has 0 aromatic heterocycles. The second-order valence-electron chi connectivity index (χ2n) is 3.12. The third-order valence-corrected chi connectivity index (χ3v) is 1.90. The molecule has 0 rings (SSSR count). The highest BCUT2D eigenvalue weighted by Gasteiger charge is 2.21. The summed E-state index contributed by atoms with van der Waals surface area (Å²) in [5.41, 5.74) is 5.37. The second kappa shape index (κ2) is 4.65. The molecule has 0 saturated carbocycles. The summed E-state index contributed by atoms with van der Waals surface area (Å²) in [7, 11) is 0. The SMILES string of the molecule is CCC(CN)CCC(C)(F)F. The summed E-state index contributed by atoms with van der Waals surface area (Å²) in [6, 6.07) is 0. The number of rotatable bonds is 5. The third-order valence-electron chi connectivity index (χ3n) is 1.90. The van der Waals surface area contributed by atoms with E-state index in [9.17, 15) is 8.78 Å². The molecule has 1 nitrogen and oxygen atoms in total. The Morgan fingerprint density at radius 1 is 1.45 bits per heavy atom. The summed E-state index contributed by atoms with van der Waals surface area (Å²) in [6.07, 6.45) is 1.39. The van der Waals surface area contributed by atoms with Crippen LogP contribution < -0.4 is 5.73 Å². The molecule has 0 amide bonds. The topological polar surface area (TPSA) is 26.0 Å². The Labute approximate surface area is 67.0 Å². The maximum Gasteiger partial charge on any atom is 0.245 e. The van der Waals surface area contributed by atoms with Gasteiger partial charge in [0.05, 0.1) is 0 Å². The minimum absolute atomic E-state index is 0.0390. The largest absolute Gasteiger partial charge is 0.330 e. The van der Waals surface area contributed by atoms with E-state index < -0.39 is 5.92 Å². The zero-order chi connectivity index (χ0) is 8.91. The fourth-order valence-electron chi connectivity index (χ4n) is 0.946. The molecular formula is C8H17F2N. The summed E-state index contributed by atoms with van der Waals surface area (Å²) in [6.45, 7) is 3.45. The van der Waals surface area contributed by atoms with E-state index in [1.807, 2.05) is 6.92 Å². The molecule has 0 aliphatic rings. The average molecular weight is 165 g/mol. The van der Waals surface area contributed by atoms with Gasteiger partial charge in [0.25, 0.3) is 0 Å². The molecule has 0 aliphatic heterocycles. The lowest BCUT2D eigenvalue weighted by molar-refractivity contribution is 0.00681. The van der Waals surface area contributed by atoms with Crippen molar-refractivity contribution in [3.8, 4) is 0 Å². The Balaban J connectivity index is 3.51. The number of alkyl halides is 2. The maximum absolute atomic E-state index is 12.3. The number of hydrogen-bond acceptors (Lipinski definition) is 1. The van der Waals surface area contributed by atoms with E-state index in [1.165, 1.54) is 0 Å². The van der Waals surface area contributed by atoms with Gasteiger partial charge in [0.15, 0.2) is 0 Å². The molecule has 0 saturated heterocycles. The molecule has 2 N–H and O–H groups in total. The van der Waals surface area contributed by atoms with Crippen molar-refractivity contribution in [3.63, 3.8) is 0 Å². The van der Waals surface area contributed by atoms with Crippen LogP contribution in [0.3, 0.4) is 0 Å². The van der Waals surface area contributed by atoms with Crippen molar-refractivity contribution in [1.82, 2.24) is 0 Å². The van der Waals surface area contributed by atoms with E-state index in [0.717, 1.165) is 13.3 Å². The predicted molar refractivity (Wildman–Crippen MR) is 42.7 cm³/mol. The smallest absolute Gasteiger partial charge is 0.245 e. The van der Waals surface area contributed by atoms with E-state index in [-0.39, 0.29) is 12.3 Å². The van der Waals surface area contributed by atoms with E-state index in [0.29, 0.717) is 13.0 Å². The molecule has 0 spiro atoms. The van der Waals surface area contributed by atoms with Gasteiger partial charge in [-0.3, -0.25) is 0 Å². The maximum atomic E-state index is 12.3. The molecule has 0 bridgehead atoms. The lowest BCUT2D eigenvalue weighted by Crippen LogP contribution is -2.18. The molecule has 0 aliphatic carbocycles. The van der Waals surface area contributed by atoms with Gasteiger partial charge in [-0.15, -0.1) is 0 Å². The molecule has 1 unspecified atom stereocenters. The zero-order valence-corrected chi connectivity index (χ0v) is 7.24. The van der Waals surface area contributed by atoms with Crippen molar-refractivity contribution >= 4 is 0 Å². The van der Waals surface area contributed by atoms with Gasteiger partial charge in [-0.1, -0.05) is 13.3 Å². The molecule has 3 heteroatoms. The molecule has 11 heavy (non-hydrogen) atoms. The van der Waals surface area contributed by atoms with Crippen LogP contribution in [0.5, 0.6) is 0 Å². The molecule has 0 aromatic rings. The average Bonchev–Trinajstić information content (AvgIpc) is 1.88. The van der Waals surface area contributed by atoms with Gasteiger partial charge in [-0.25, -0.2) is 8.78 Å².